The molecule has 0 spiro atoms. The molecule has 2 aliphatic heterocycles. The van der Waals surface area contributed by atoms with E-state index in [9.17, 15) is 33.9 Å². The van der Waals surface area contributed by atoms with Crippen molar-refractivity contribution in [1.29, 1.82) is 0 Å². The van der Waals surface area contributed by atoms with Gasteiger partial charge in [0.15, 0.2) is 12.5 Å². The van der Waals surface area contributed by atoms with Crippen molar-refractivity contribution in [3.05, 3.63) is 0 Å². The average molecular weight is 740 g/mol. The van der Waals surface area contributed by atoms with Crippen molar-refractivity contribution in [2.45, 2.75) is 85.2 Å². The highest BCUT2D eigenvalue weighted by atomic mass is 127. The number of halogens is 1. The number of nitrogens with zero attached hydrogens (tertiary/aromatic N) is 1. The van der Waals surface area contributed by atoms with Crippen LogP contribution in [-0.4, -0.2) is 143 Å². The van der Waals surface area contributed by atoms with E-state index in [-0.39, 0.29) is 82.9 Å². The molecule has 0 aromatic heterocycles. The fourth-order valence-corrected chi connectivity index (χ4v) is 5.54. The largest absolute Gasteiger partial charge is 0.467 e. The van der Waals surface area contributed by atoms with E-state index in [1.807, 2.05) is 45.2 Å². The molecule has 0 radical (unpaired) electrons. The number of nitrogens with one attached hydrogen (secondary N) is 1. The molecule has 2 N–H and O–H groups in total. The first kappa shape index (κ1) is 37.7. The van der Waals surface area contributed by atoms with Gasteiger partial charge in [-0.2, -0.15) is 0 Å². The van der Waals surface area contributed by atoms with Gasteiger partial charge in [0.1, 0.15) is 34.4 Å². The van der Waals surface area contributed by atoms with Crippen LogP contribution in [0, 0.1) is 0 Å². The molecule has 2 fully saturated rings. The molecule has 9 atom stereocenters. The Morgan fingerprint density at radius 1 is 1.05 bits per heavy atom. The van der Waals surface area contributed by atoms with E-state index < -0.39 is 59.3 Å². The molecule has 7 unspecified atom stereocenters. The van der Waals surface area contributed by atoms with Gasteiger partial charge >= 0.3 is 5.97 Å². The van der Waals surface area contributed by atoms with Crippen LogP contribution >= 0.6 is 22.6 Å². The average Bonchev–Trinajstić information content (AvgIpc) is 3.70. The molecule has 2 rings (SSSR count). The summed E-state index contributed by atoms with van der Waals surface area (Å²) in [5.74, 6) is -1.56. The summed E-state index contributed by atoms with van der Waals surface area (Å²) in [6.07, 6.45) is -3.89. The topological polar surface area (TPSA) is 202 Å². The Bertz CT molecular complexity index is 966. The van der Waals surface area contributed by atoms with Gasteiger partial charge in [-0.15, -0.1) is 0 Å². The zero-order valence-corrected chi connectivity index (χ0v) is 27.0. The maximum Gasteiger partial charge on any atom is 0.309 e. The Kier molecular flexibility index (Phi) is 17.0. The third kappa shape index (κ3) is 11.5. The van der Waals surface area contributed by atoms with Gasteiger partial charge in [0.25, 0.3) is 19.4 Å². The van der Waals surface area contributed by atoms with Gasteiger partial charge in [-0.1, -0.05) is 35.8 Å². The molecular formula is C25H39B2IN2O14. The van der Waals surface area contributed by atoms with E-state index in [0.29, 0.717) is 6.32 Å². The van der Waals surface area contributed by atoms with Crippen LogP contribution in [0.15, 0.2) is 0 Å². The van der Waals surface area contributed by atoms with Crippen LogP contribution in [0.1, 0.15) is 26.2 Å². The lowest BCUT2D eigenvalue weighted by atomic mass is 9.84. The summed E-state index contributed by atoms with van der Waals surface area (Å²) in [6, 6.07) is -1.20. The Morgan fingerprint density at radius 3 is 2.23 bits per heavy atom. The molecule has 2 heterocycles. The number of rotatable bonds is 22. The van der Waals surface area contributed by atoms with Gasteiger partial charge in [0.05, 0.1) is 67.9 Å². The summed E-state index contributed by atoms with van der Waals surface area (Å²) in [5, 5.41) is 12.7. The van der Waals surface area contributed by atoms with Gasteiger partial charge in [-0.3, -0.25) is 28.8 Å². The Balaban J connectivity index is 2.19. The second-order valence-corrected chi connectivity index (χ2v) is 11.7. The fourth-order valence-electron chi connectivity index (χ4n) is 4.55. The lowest BCUT2D eigenvalue weighted by molar-refractivity contribution is -0.245. The summed E-state index contributed by atoms with van der Waals surface area (Å²) in [6.45, 7) is 1.67. The molecule has 0 bridgehead atoms. The second-order valence-electron chi connectivity index (χ2n) is 10.3. The summed E-state index contributed by atoms with van der Waals surface area (Å²) in [5.41, 5.74) is 0. The van der Waals surface area contributed by atoms with E-state index in [0.717, 1.165) is 0 Å². The molecule has 0 aromatic carbocycles. The first-order valence-electron chi connectivity index (χ1n) is 14.3. The summed E-state index contributed by atoms with van der Waals surface area (Å²) >= 11 is 1.95. The number of esters is 1. The van der Waals surface area contributed by atoms with Crippen LogP contribution in [0.5, 0.6) is 0 Å². The Morgan fingerprint density at radius 2 is 1.66 bits per heavy atom. The minimum absolute atomic E-state index is 0.0223. The SMILES string of the molecule is BC[C@H]1C(OC(COC2OC(CO)C(I)C(OC(=O)CCOC=O)C2NC(=O)CCOC=O)[C@@H](B)C)N1C(=O)CCOC=O. The summed E-state index contributed by atoms with van der Waals surface area (Å²) < 4.78 is 37.2. The monoisotopic (exact) mass is 740 g/mol. The van der Waals surface area contributed by atoms with Crippen LogP contribution in [0.4, 0.5) is 0 Å². The van der Waals surface area contributed by atoms with Crippen molar-refractivity contribution in [3.63, 3.8) is 0 Å². The molecule has 2 saturated heterocycles. The van der Waals surface area contributed by atoms with Crippen LogP contribution in [0.2, 0.25) is 12.1 Å². The lowest BCUT2D eigenvalue weighted by Crippen LogP contribution is -2.64. The molecule has 16 nitrogen and oxygen atoms in total. The molecule has 0 aromatic rings. The highest BCUT2D eigenvalue weighted by molar-refractivity contribution is 14.1. The zero-order chi connectivity index (χ0) is 32.6. The van der Waals surface area contributed by atoms with Gasteiger partial charge in [-0.25, -0.2) is 0 Å². The van der Waals surface area contributed by atoms with E-state index in [1.54, 1.807) is 4.90 Å². The van der Waals surface area contributed by atoms with Crippen molar-refractivity contribution in [2.75, 3.05) is 33.0 Å². The third-order valence-electron chi connectivity index (χ3n) is 6.97. The van der Waals surface area contributed by atoms with Crippen LogP contribution in [-0.2, 0) is 61.9 Å². The number of hydrogen-bond donors (Lipinski definition) is 2. The molecule has 246 valence electrons. The van der Waals surface area contributed by atoms with Gasteiger partial charge in [0.2, 0.25) is 11.8 Å². The van der Waals surface area contributed by atoms with E-state index in [2.05, 4.69) is 19.5 Å². The van der Waals surface area contributed by atoms with Crippen LogP contribution < -0.4 is 5.32 Å². The predicted octanol–water partition coefficient (Wildman–Crippen LogP) is -2.98. The fraction of sp³-hybridized carbons (Fsp3) is 0.760. The van der Waals surface area contributed by atoms with Gasteiger partial charge < -0.3 is 48.5 Å². The van der Waals surface area contributed by atoms with Crippen molar-refractivity contribution in [1.82, 2.24) is 10.2 Å². The molecule has 0 aliphatic carbocycles. The van der Waals surface area contributed by atoms with E-state index >= 15 is 0 Å². The minimum atomic E-state index is -1.21. The number of carbonyl (C=O) groups is 6. The summed E-state index contributed by atoms with van der Waals surface area (Å²) in [4.78, 5) is 70.9. The highest BCUT2D eigenvalue weighted by Crippen LogP contribution is 2.36. The van der Waals surface area contributed by atoms with Gasteiger partial charge in [0, 0.05) is 0 Å². The Hall–Kier alpha value is -2.48. The highest BCUT2D eigenvalue weighted by Gasteiger charge is 2.52. The molecular weight excluding hydrogens is 701 g/mol. The number of aliphatic hydroxyl groups is 1. The molecule has 0 saturated carbocycles. The normalized spacial score (nSPS) is 27.2. The summed E-state index contributed by atoms with van der Waals surface area (Å²) in [7, 11) is 3.82. The number of aliphatic hydroxyl groups excluding tert-OH is 1. The van der Waals surface area contributed by atoms with Crippen molar-refractivity contribution < 1.29 is 67.0 Å². The van der Waals surface area contributed by atoms with Crippen LogP contribution in [0.3, 0.4) is 0 Å². The van der Waals surface area contributed by atoms with Crippen molar-refractivity contribution >= 4 is 75.5 Å². The lowest BCUT2D eigenvalue weighted by Gasteiger charge is -2.44. The molecule has 44 heavy (non-hydrogen) atoms. The predicted molar refractivity (Wildman–Crippen MR) is 162 cm³/mol. The number of hydrogen-bond acceptors (Lipinski definition) is 14. The maximum absolute atomic E-state index is 12.7. The van der Waals surface area contributed by atoms with Gasteiger partial charge in [-0.05, 0) is 5.82 Å². The quantitative estimate of drug-likeness (QED) is 0.0167. The first-order chi connectivity index (χ1) is 21.1. The maximum atomic E-state index is 12.7. The molecule has 2 aliphatic rings. The molecule has 2 amide bonds. The zero-order valence-electron chi connectivity index (χ0n) is 24.9. The number of ether oxygens (including phenoxy) is 7. The van der Waals surface area contributed by atoms with E-state index in [1.165, 1.54) is 0 Å². The smallest absolute Gasteiger partial charge is 0.309 e. The minimum Gasteiger partial charge on any atom is -0.467 e. The number of carbonyl (C=O) groups excluding carboxylic acids is 6. The number of alkyl halides is 1. The standard InChI is InChI=1S/C25H39B2IN2O14/c1-14(27)17(42-24-15(8-26)30(24)19(36)3-6-39-12-33)10-41-25-22(29-18(35)2-5-38-11-32)23(21(28)16(9-31)43-25)44-20(37)4-7-40-13-34/h11-17,21-25,31H,2-10,26-27H2,1H3,(H,29,35)/t14-,15-,16?,17?,21?,22?,23?,24?,25?,30?/m0/s1. The van der Waals surface area contributed by atoms with Crippen molar-refractivity contribution in [2.24, 2.45) is 0 Å². The first-order valence-corrected chi connectivity index (χ1v) is 15.5. The number of amides is 2. The Labute approximate surface area is 270 Å². The third-order valence-corrected chi connectivity index (χ3v) is 8.48. The van der Waals surface area contributed by atoms with Crippen LogP contribution in [0.25, 0.3) is 0 Å². The van der Waals surface area contributed by atoms with Crippen molar-refractivity contribution in [3.8, 4) is 0 Å². The second kappa shape index (κ2) is 19.8. The molecule has 19 heteroatoms. The van der Waals surface area contributed by atoms with E-state index in [4.69, 9.17) is 18.9 Å².